The van der Waals surface area contributed by atoms with E-state index >= 15 is 0 Å². The number of rotatable bonds is 3. The first-order valence-electron chi connectivity index (χ1n) is 6.15. The Balaban J connectivity index is 2.15. The molecular weight excluding hydrogens is 238 g/mol. The quantitative estimate of drug-likeness (QED) is 0.470. The van der Waals surface area contributed by atoms with E-state index in [1.54, 1.807) is 6.07 Å². The zero-order chi connectivity index (χ0) is 13.2. The molecule has 0 bridgehead atoms. The van der Waals surface area contributed by atoms with Crippen LogP contribution in [0.1, 0.15) is 35.4 Å². The van der Waals surface area contributed by atoms with Gasteiger partial charge in [0.2, 0.25) is 0 Å². The largest absolute Gasteiger partial charge is 0.255 e. The maximum absolute atomic E-state index is 9.18. The van der Waals surface area contributed by atoms with E-state index < -0.39 is 0 Å². The number of aromatic nitrogens is 1. The van der Waals surface area contributed by atoms with Gasteiger partial charge >= 0.3 is 0 Å². The molecule has 5 heteroatoms. The van der Waals surface area contributed by atoms with Gasteiger partial charge in [-0.3, -0.25) is 4.98 Å². The first kappa shape index (κ1) is 11.5. The molecule has 0 unspecified atom stereocenters. The Morgan fingerprint density at radius 1 is 1.42 bits per heavy atom. The predicted octanol–water partition coefficient (Wildman–Crippen LogP) is 3.79. The highest BCUT2D eigenvalue weighted by Crippen LogP contribution is 2.40. The summed E-state index contributed by atoms with van der Waals surface area (Å²) in [6.07, 6.45) is 4.31. The average Bonchev–Trinajstić information content (AvgIpc) is 3.28. The van der Waals surface area contributed by atoms with Crippen LogP contribution >= 0.6 is 0 Å². The van der Waals surface area contributed by atoms with Crippen LogP contribution in [0, 0.1) is 11.3 Å². The smallest absolute Gasteiger partial charge is 0.101 e. The number of nitrogens with zero attached hydrogens (tertiary/aromatic N) is 5. The van der Waals surface area contributed by atoms with Crippen LogP contribution in [-0.4, -0.2) is 4.98 Å². The second-order valence-electron chi connectivity index (χ2n) is 4.76. The van der Waals surface area contributed by atoms with E-state index in [0.29, 0.717) is 11.5 Å². The van der Waals surface area contributed by atoms with Crippen LogP contribution < -0.4 is 0 Å². The molecule has 0 aliphatic heterocycles. The molecule has 3 rings (SSSR count). The lowest BCUT2D eigenvalue weighted by Gasteiger charge is -2.05. The third kappa shape index (κ3) is 2.22. The lowest BCUT2D eigenvalue weighted by molar-refractivity contribution is 1.05. The Bertz CT molecular complexity index is 733. The molecule has 19 heavy (non-hydrogen) atoms. The molecule has 0 saturated heterocycles. The Hall–Kier alpha value is -2.57. The minimum atomic E-state index is 0.259. The summed E-state index contributed by atoms with van der Waals surface area (Å²) in [5.74, 6) is 0.628. The summed E-state index contributed by atoms with van der Waals surface area (Å²) in [7, 11) is 0. The average molecular weight is 249 g/mol. The van der Waals surface area contributed by atoms with E-state index in [1.165, 1.54) is 18.4 Å². The number of hydrogen-bond acceptors (Lipinski definition) is 3. The summed E-state index contributed by atoms with van der Waals surface area (Å²) >= 11 is 0. The van der Waals surface area contributed by atoms with Gasteiger partial charge in [0.05, 0.1) is 17.6 Å². The molecule has 1 aliphatic carbocycles. The topological polar surface area (TPSA) is 85.4 Å². The van der Waals surface area contributed by atoms with Gasteiger partial charge in [-0.05, 0) is 53.6 Å². The molecule has 0 N–H and O–H groups in total. The van der Waals surface area contributed by atoms with Gasteiger partial charge in [0.15, 0.2) is 0 Å². The minimum Gasteiger partial charge on any atom is -0.255 e. The number of nitriles is 1. The highest BCUT2D eigenvalue weighted by molar-refractivity contribution is 5.85. The van der Waals surface area contributed by atoms with Gasteiger partial charge < -0.3 is 0 Å². The first-order chi connectivity index (χ1) is 9.31. The SMILES string of the molecule is N#Cc1cc(CN=[N+]=[N-])cc2cc(C3CC3)cnc12. The maximum Gasteiger partial charge on any atom is 0.101 e. The number of fused-ring (bicyclic) bond motifs is 1. The standard InChI is InChI=1S/C14H11N5/c15-6-12-4-9(7-18-19-16)3-11-5-13(10-1-2-10)8-17-14(11)12/h3-5,8,10H,1-2,7H2. The normalized spacial score (nSPS) is 13.8. The molecule has 0 radical (unpaired) electrons. The first-order valence-corrected chi connectivity index (χ1v) is 6.15. The third-order valence-electron chi connectivity index (χ3n) is 3.35. The third-order valence-corrected chi connectivity index (χ3v) is 3.35. The fraction of sp³-hybridized carbons (Fsp3) is 0.286. The molecule has 1 aromatic carbocycles. The van der Waals surface area contributed by atoms with Gasteiger partial charge in [0.1, 0.15) is 6.07 Å². The van der Waals surface area contributed by atoms with Crippen molar-refractivity contribution in [2.24, 2.45) is 5.11 Å². The van der Waals surface area contributed by atoms with Gasteiger partial charge in [-0.1, -0.05) is 5.11 Å². The van der Waals surface area contributed by atoms with Crippen molar-refractivity contribution in [1.29, 1.82) is 5.26 Å². The molecule has 1 fully saturated rings. The van der Waals surface area contributed by atoms with Crippen LogP contribution in [-0.2, 0) is 6.54 Å². The van der Waals surface area contributed by atoms with Crippen molar-refractivity contribution in [2.75, 3.05) is 0 Å². The fourth-order valence-electron chi connectivity index (χ4n) is 2.26. The van der Waals surface area contributed by atoms with Crippen molar-refractivity contribution >= 4 is 10.9 Å². The maximum atomic E-state index is 9.18. The minimum absolute atomic E-state index is 0.259. The molecule has 2 aromatic rings. The van der Waals surface area contributed by atoms with Gasteiger partial charge in [-0.15, -0.1) is 0 Å². The van der Waals surface area contributed by atoms with Gasteiger partial charge in [0.25, 0.3) is 0 Å². The molecule has 1 heterocycles. The molecule has 1 aromatic heterocycles. The molecule has 0 amide bonds. The van der Waals surface area contributed by atoms with Crippen molar-refractivity contribution in [2.45, 2.75) is 25.3 Å². The summed E-state index contributed by atoms with van der Waals surface area (Å²) in [6, 6.07) is 7.94. The van der Waals surface area contributed by atoms with Crippen molar-refractivity contribution in [3.05, 3.63) is 51.5 Å². The lowest BCUT2D eigenvalue weighted by atomic mass is 10.0. The summed E-state index contributed by atoms with van der Waals surface area (Å²) in [4.78, 5) is 7.16. The molecule has 5 nitrogen and oxygen atoms in total. The highest BCUT2D eigenvalue weighted by Gasteiger charge is 2.24. The lowest BCUT2D eigenvalue weighted by Crippen LogP contribution is -1.91. The van der Waals surface area contributed by atoms with Gasteiger partial charge in [0, 0.05) is 16.5 Å². The Morgan fingerprint density at radius 3 is 2.95 bits per heavy atom. The summed E-state index contributed by atoms with van der Waals surface area (Å²) in [6.45, 7) is 0.259. The summed E-state index contributed by atoms with van der Waals surface area (Å²) in [5, 5.41) is 13.7. The molecule has 1 saturated carbocycles. The Morgan fingerprint density at radius 2 is 2.26 bits per heavy atom. The van der Waals surface area contributed by atoms with Crippen LogP contribution in [0.15, 0.2) is 29.5 Å². The van der Waals surface area contributed by atoms with E-state index in [-0.39, 0.29) is 6.54 Å². The zero-order valence-electron chi connectivity index (χ0n) is 10.2. The Labute approximate surface area is 110 Å². The van der Waals surface area contributed by atoms with Crippen LogP contribution in [0.4, 0.5) is 0 Å². The van der Waals surface area contributed by atoms with E-state index in [4.69, 9.17) is 5.53 Å². The number of benzene rings is 1. The zero-order valence-corrected chi connectivity index (χ0v) is 10.2. The van der Waals surface area contributed by atoms with Crippen molar-refractivity contribution in [3.8, 4) is 6.07 Å². The fourth-order valence-corrected chi connectivity index (χ4v) is 2.26. The number of azide groups is 1. The van der Waals surface area contributed by atoms with Crippen molar-refractivity contribution in [1.82, 2.24) is 4.98 Å². The van der Waals surface area contributed by atoms with Crippen LogP contribution in [0.5, 0.6) is 0 Å². The van der Waals surface area contributed by atoms with E-state index in [9.17, 15) is 5.26 Å². The second kappa shape index (κ2) is 4.60. The van der Waals surface area contributed by atoms with Crippen molar-refractivity contribution < 1.29 is 0 Å². The van der Waals surface area contributed by atoms with Gasteiger partial charge in [-0.25, -0.2) is 0 Å². The predicted molar refractivity (Wildman–Crippen MR) is 71.3 cm³/mol. The highest BCUT2D eigenvalue weighted by atomic mass is 15.1. The van der Waals surface area contributed by atoms with E-state index in [0.717, 1.165) is 16.5 Å². The molecular formula is C14H11N5. The van der Waals surface area contributed by atoms with Gasteiger partial charge in [-0.2, -0.15) is 5.26 Å². The van der Waals surface area contributed by atoms with E-state index in [2.05, 4.69) is 27.1 Å². The monoisotopic (exact) mass is 249 g/mol. The van der Waals surface area contributed by atoms with Crippen LogP contribution in [0.25, 0.3) is 21.3 Å². The number of pyridine rings is 1. The van der Waals surface area contributed by atoms with Crippen molar-refractivity contribution in [3.63, 3.8) is 0 Å². The Kier molecular flexibility index (Phi) is 2.79. The molecule has 0 spiro atoms. The summed E-state index contributed by atoms with van der Waals surface area (Å²) in [5.41, 5.74) is 11.7. The molecule has 92 valence electrons. The summed E-state index contributed by atoms with van der Waals surface area (Å²) < 4.78 is 0. The number of hydrogen-bond donors (Lipinski definition) is 0. The van der Waals surface area contributed by atoms with Crippen LogP contribution in [0.2, 0.25) is 0 Å². The molecule has 0 atom stereocenters. The second-order valence-corrected chi connectivity index (χ2v) is 4.76. The van der Waals surface area contributed by atoms with Crippen LogP contribution in [0.3, 0.4) is 0 Å². The molecule has 1 aliphatic rings. The van der Waals surface area contributed by atoms with E-state index in [1.807, 2.05) is 12.3 Å².